The van der Waals surface area contributed by atoms with E-state index in [9.17, 15) is 18.3 Å². The molecule has 1 aromatic carbocycles. The first-order chi connectivity index (χ1) is 17.8. The second kappa shape index (κ2) is 9.35. The van der Waals surface area contributed by atoms with Crippen LogP contribution in [0, 0.1) is 23.7 Å². The number of imidazole rings is 1. The third-order valence-electron chi connectivity index (χ3n) is 8.14. The van der Waals surface area contributed by atoms with Crippen LogP contribution in [0.15, 0.2) is 57.1 Å². The molecule has 3 fully saturated rings. The Kier molecular flexibility index (Phi) is 6.13. The lowest BCUT2D eigenvalue weighted by atomic mass is 9.87. The van der Waals surface area contributed by atoms with Gasteiger partial charge >= 0.3 is 5.63 Å². The first-order valence-electron chi connectivity index (χ1n) is 13.3. The van der Waals surface area contributed by atoms with Gasteiger partial charge in [-0.1, -0.05) is 12.1 Å². The molecule has 0 radical (unpaired) electrons. The van der Waals surface area contributed by atoms with Gasteiger partial charge in [0.2, 0.25) is 5.16 Å². The molecule has 3 atom stereocenters. The monoisotopic (exact) mass is 523 g/mol. The summed E-state index contributed by atoms with van der Waals surface area (Å²) in [6, 6.07) is 8.60. The molecule has 3 saturated carbocycles. The van der Waals surface area contributed by atoms with Crippen molar-refractivity contribution in [3.63, 3.8) is 0 Å². The lowest BCUT2D eigenvalue weighted by Crippen LogP contribution is -2.18. The Labute approximate surface area is 216 Å². The molecule has 8 nitrogen and oxygen atoms in total. The molecule has 0 amide bonds. The summed E-state index contributed by atoms with van der Waals surface area (Å²) in [6.45, 7) is 0. The zero-order chi connectivity index (χ0) is 25.7. The summed E-state index contributed by atoms with van der Waals surface area (Å²) in [5, 5.41) is 10.9. The van der Waals surface area contributed by atoms with Gasteiger partial charge in [-0.15, -0.1) is 0 Å². The van der Waals surface area contributed by atoms with Crippen molar-refractivity contribution in [1.29, 1.82) is 0 Å². The second-order valence-electron chi connectivity index (χ2n) is 11.1. The van der Waals surface area contributed by atoms with E-state index in [-0.39, 0.29) is 28.3 Å². The molecule has 2 aromatic heterocycles. The van der Waals surface area contributed by atoms with E-state index in [1.165, 1.54) is 30.0 Å². The summed E-state index contributed by atoms with van der Waals surface area (Å²) < 4.78 is 35.3. The van der Waals surface area contributed by atoms with Crippen LogP contribution in [0.1, 0.15) is 67.8 Å². The lowest BCUT2D eigenvalue weighted by molar-refractivity contribution is 0.398. The molecular weight excluding hydrogens is 490 g/mol. The largest absolute Gasteiger partial charge is 0.507 e. The Morgan fingerprint density at radius 1 is 1.22 bits per heavy atom. The first kappa shape index (κ1) is 24.3. The fraction of sp³-hybridized carbons (Fsp3) is 0.500. The summed E-state index contributed by atoms with van der Waals surface area (Å²) >= 11 is 0. The number of rotatable bonds is 11. The SMILES string of the molecule is Cn1ccnc1S(=O)(=O)Nc1cccc(C(c2c(O)cc(CCCC3CC3C3CC3)oc2=O)C2CC2)c1. The molecule has 196 valence electrons. The quantitative estimate of drug-likeness (QED) is 0.373. The molecule has 2 heterocycles. The van der Waals surface area contributed by atoms with Gasteiger partial charge < -0.3 is 14.1 Å². The van der Waals surface area contributed by atoms with Crippen molar-refractivity contribution in [2.75, 3.05) is 4.72 Å². The highest BCUT2D eigenvalue weighted by Gasteiger charge is 2.46. The fourth-order valence-corrected chi connectivity index (χ4v) is 7.07. The number of nitrogens with zero attached hydrogens (tertiary/aromatic N) is 2. The molecular formula is C28H33N3O5S. The second-order valence-corrected chi connectivity index (χ2v) is 12.6. The van der Waals surface area contributed by atoms with Gasteiger partial charge in [0.1, 0.15) is 11.5 Å². The average Bonchev–Trinajstić information content (AvgIpc) is 3.70. The van der Waals surface area contributed by atoms with Crippen LogP contribution in [0.3, 0.4) is 0 Å². The number of hydrogen-bond donors (Lipinski definition) is 2. The maximum absolute atomic E-state index is 13.1. The molecule has 6 rings (SSSR count). The number of aryl methyl sites for hydroxylation is 2. The summed E-state index contributed by atoms with van der Waals surface area (Å²) in [6.07, 6.45) is 11.7. The number of nitrogens with one attached hydrogen (secondary N) is 1. The Balaban J connectivity index is 1.20. The zero-order valence-electron chi connectivity index (χ0n) is 21.0. The topological polar surface area (TPSA) is 114 Å². The van der Waals surface area contributed by atoms with Crippen LogP contribution in [0.4, 0.5) is 5.69 Å². The molecule has 0 bridgehead atoms. The van der Waals surface area contributed by atoms with Crippen LogP contribution < -0.4 is 10.3 Å². The van der Waals surface area contributed by atoms with E-state index in [0.717, 1.165) is 49.0 Å². The average molecular weight is 524 g/mol. The predicted octanol–water partition coefficient (Wildman–Crippen LogP) is 4.79. The Bertz CT molecular complexity index is 1470. The molecule has 0 spiro atoms. The summed E-state index contributed by atoms with van der Waals surface area (Å²) in [5.74, 6) is 3.03. The fourth-order valence-electron chi connectivity index (χ4n) is 5.90. The third-order valence-corrected chi connectivity index (χ3v) is 9.52. The number of hydrogen-bond acceptors (Lipinski definition) is 6. The summed E-state index contributed by atoms with van der Waals surface area (Å²) in [5.41, 5.74) is 0.883. The number of anilines is 1. The Hall–Kier alpha value is -3.07. The van der Waals surface area contributed by atoms with Crippen LogP contribution >= 0.6 is 0 Å². The van der Waals surface area contributed by atoms with Crippen molar-refractivity contribution in [2.24, 2.45) is 30.7 Å². The van der Waals surface area contributed by atoms with Crippen molar-refractivity contribution in [3.05, 3.63) is 70.0 Å². The predicted molar refractivity (Wildman–Crippen MR) is 139 cm³/mol. The van der Waals surface area contributed by atoms with E-state index in [0.29, 0.717) is 17.9 Å². The Morgan fingerprint density at radius 2 is 2.03 bits per heavy atom. The van der Waals surface area contributed by atoms with Crippen molar-refractivity contribution < 1.29 is 17.9 Å². The van der Waals surface area contributed by atoms with E-state index in [1.54, 1.807) is 37.5 Å². The van der Waals surface area contributed by atoms with E-state index < -0.39 is 15.6 Å². The summed E-state index contributed by atoms with van der Waals surface area (Å²) in [7, 11) is -2.26. The molecule has 9 heteroatoms. The standard InChI is InChI=1S/C28H33N3O5S/c1-31-13-12-29-28(31)37(34,35)30-21-6-2-5-20(14-21)25(18-10-11-18)26-24(32)16-22(36-27(26)33)7-3-4-19-15-23(19)17-8-9-17/h2,5-6,12-14,16-19,23,25,30,32H,3-4,7-11,15H2,1H3. The number of benzene rings is 1. The highest BCUT2D eigenvalue weighted by Crippen LogP contribution is 2.56. The highest BCUT2D eigenvalue weighted by atomic mass is 32.2. The van der Waals surface area contributed by atoms with Gasteiger partial charge in [0.05, 0.1) is 5.56 Å². The van der Waals surface area contributed by atoms with Gasteiger partial charge in [0.25, 0.3) is 10.0 Å². The van der Waals surface area contributed by atoms with Gasteiger partial charge in [-0.25, -0.2) is 9.78 Å². The van der Waals surface area contributed by atoms with E-state index in [4.69, 9.17) is 4.42 Å². The lowest BCUT2D eigenvalue weighted by Gasteiger charge is -2.19. The minimum Gasteiger partial charge on any atom is -0.507 e. The maximum atomic E-state index is 13.1. The molecule has 3 aromatic rings. The van der Waals surface area contributed by atoms with Crippen molar-refractivity contribution >= 4 is 15.7 Å². The summed E-state index contributed by atoms with van der Waals surface area (Å²) in [4.78, 5) is 17.1. The normalized spacial score (nSPS) is 22.1. The number of sulfonamides is 1. The Morgan fingerprint density at radius 3 is 2.70 bits per heavy atom. The van der Waals surface area contributed by atoms with Crippen LogP contribution in [-0.2, 0) is 23.5 Å². The molecule has 0 saturated heterocycles. The van der Waals surface area contributed by atoms with Crippen LogP contribution in [0.25, 0.3) is 0 Å². The zero-order valence-corrected chi connectivity index (χ0v) is 21.8. The van der Waals surface area contributed by atoms with E-state index in [1.807, 2.05) is 6.07 Å². The van der Waals surface area contributed by atoms with E-state index >= 15 is 0 Å². The van der Waals surface area contributed by atoms with Crippen molar-refractivity contribution in [1.82, 2.24) is 9.55 Å². The highest BCUT2D eigenvalue weighted by molar-refractivity contribution is 7.92. The smallest absolute Gasteiger partial charge is 0.343 e. The molecule has 37 heavy (non-hydrogen) atoms. The first-order valence-corrected chi connectivity index (χ1v) is 14.7. The number of aromatic nitrogens is 2. The minimum absolute atomic E-state index is 0.0376. The number of aromatic hydroxyl groups is 1. The molecule has 0 aliphatic heterocycles. The van der Waals surface area contributed by atoms with Gasteiger partial charge in [-0.05, 0) is 86.3 Å². The molecule has 3 aliphatic rings. The van der Waals surface area contributed by atoms with Crippen LogP contribution in [0.5, 0.6) is 5.75 Å². The third kappa shape index (κ3) is 5.19. The minimum atomic E-state index is -3.88. The van der Waals surface area contributed by atoms with Crippen LogP contribution in [-0.4, -0.2) is 23.1 Å². The van der Waals surface area contributed by atoms with Crippen molar-refractivity contribution in [2.45, 2.75) is 62.4 Å². The molecule has 3 aliphatic carbocycles. The van der Waals surface area contributed by atoms with Crippen LogP contribution in [0.2, 0.25) is 0 Å². The van der Waals surface area contributed by atoms with Crippen molar-refractivity contribution in [3.8, 4) is 5.75 Å². The molecule has 3 unspecified atom stereocenters. The van der Waals surface area contributed by atoms with Gasteiger partial charge in [0.15, 0.2) is 0 Å². The van der Waals surface area contributed by atoms with E-state index in [2.05, 4.69) is 9.71 Å². The maximum Gasteiger partial charge on any atom is 0.343 e. The van der Waals surface area contributed by atoms with Gasteiger partial charge in [-0.2, -0.15) is 8.42 Å². The van der Waals surface area contributed by atoms with Gasteiger partial charge in [-0.3, -0.25) is 4.72 Å². The van der Waals surface area contributed by atoms with Gasteiger partial charge in [0, 0.05) is 43.5 Å². The molecule has 2 N–H and O–H groups in total.